The fourth-order valence-corrected chi connectivity index (χ4v) is 4.00. The monoisotopic (exact) mass is 410 g/mol. The SMILES string of the molecule is CCCN(CC(=O)Nc1ccccc1C)C(=O)CSc1nc2ccccc2n1C. The number of aryl methyl sites for hydroxylation is 2. The molecule has 0 unspecified atom stereocenters. The molecule has 2 aromatic carbocycles. The van der Waals surface area contributed by atoms with Crippen molar-refractivity contribution in [3.05, 3.63) is 54.1 Å². The van der Waals surface area contributed by atoms with Crippen LogP contribution in [0.5, 0.6) is 0 Å². The van der Waals surface area contributed by atoms with E-state index in [1.54, 1.807) is 4.90 Å². The molecule has 3 rings (SSSR count). The standard InChI is InChI=1S/C22H26N4O2S/c1-4-13-26(14-20(27)23-17-10-6-5-9-16(17)2)21(28)15-29-22-24-18-11-7-8-12-19(18)25(22)3/h5-12H,4,13-15H2,1-3H3,(H,23,27). The predicted octanol–water partition coefficient (Wildman–Crippen LogP) is 3.85. The molecule has 0 atom stereocenters. The van der Waals surface area contributed by atoms with Crippen molar-refractivity contribution in [2.75, 3.05) is 24.2 Å². The number of carbonyl (C=O) groups excluding carboxylic acids is 2. The van der Waals surface area contributed by atoms with E-state index in [0.717, 1.165) is 33.9 Å². The quantitative estimate of drug-likeness (QED) is 0.573. The summed E-state index contributed by atoms with van der Waals surface area (Å²) in [6.07, 6.45) is 0.792. The number of fused-ring (bicyclic) bond motifs is 1. The lowest BCUT2D eigenvalue weighted by Gasteiger charge is -2.21. The van der Waals surface area contributed by atoms with Gasteiger partial charge in [-0.25, -0.2) is 4.98 Å². The minimum absolute atomic E-state index is 0.0457. The number of imidazole rings is 1. The number of nitrogens with zero attached hydrogens (tertiary/aromatic N) is 3. The van der Waals surface area contributed by atoms with Crippen molar-refractivity contribution in [1.29, 1.82) is 0 Å². The molecule has 29 heavy (non-hydrogen) atoms. The number of hydrogen-bond acceptors (Lipinski definition) is 4. The van der Waals surface area contributed by atoms with Crippen LogP contribution in [0.25, 0.3) is 11.0 Å². The third-order valence-corrected chi connectivity index (χ3v) is 5.69. The van der Waals surface area contributed by atoms with Gasteiger partial charge in [0, 0.05) is 19.3 Å². The van der Waals surface area contributed by atoms with E-state index in [1.165, 1.54) is 11.8 Å². The molecule has 0 saturated heterocycles. The van der Waals surface area contributed by atoms with Crippen molar-refractivity contribution < 1.29 is 9.59 Å². The van der Waals surface area contributed by atoms with Gasteiger partial charge in [-0.1, -0.05) is 49.0 Å². The third kappa shape index (κ3) is 5.17. The number of thioether (sulfide) groups is 1. The van der Waals surface area contributed by atoms with Crippen LogP contribution in [-0.2, 0) is 16.6 Å². The lowest BCUT2D eigenvalue weighted by molar-refractivity contribution is -0.132. The van der Waals surface area contributed by atoms with Crippen LogP contribution < -0.4 is 5.32 Å². The molecule has 6 nitrogen and oxygen atoms in total. The van der Waals surface area contributed by atoms with E-state index in [-0.39, 0.29) is 24.1 Å². The number of para-hydroxylation sites is 3. The fourth-order valence-electron chi connectivity index (χ4n) is 3.11. The molecule has 0 bridgehead atoms. The van der Waals surface area contributed by atoms with Crippen molar-refractivity contribution in [2.24, 2.45) is 7.05 Å². The Kier molecular flexibility index (Phi) is 6.93. The minimum Gasteiger partial charge on any atom is -0.333 e. The maximum absolute atomic E-state index is 12.8. The zero-order valence-electron chi connectivity index (χ0n) is 17.0. The van der Waals surface area contributed by atoms with Crippen molar-refractivity contribution >= 4 is 40.3 Å². The molecular formula is C22H26N4O2S. The Bertz CT molecular complexity index is 1010. The number of carbonyl (C=O) groups is 2. The Balaban J connectivity index is 1.62. The van der Waals surface area contributed by atoms with Crippen LogP contribution >= 0.6 is 11.8 Å². The van der Waals surface area contributed by atoms with Gasteiger partial charge in [-0.3, -0.25) is 9.59 Å². The van der Waals surface area contributed by atoms with Gasteiger partial charge in [-0.15, -0.1) is 0 Å². The van der Waals surface area contributed by atoms with Gasteiger partial charge in [-0.2, -0.15) is 0 Å². The smallest absolute Gasteiger partial charge is 0.244 e. The highest BCUT2D eigenvalue weighted by molar-refractivity contribution is 7.99. The Morgan fingerprint density at radius 3 is 2.59 bits per heavy atom. The van der Waals surface area contributed by atoms with Gasteiger partial charge in [-0.05, 0) is 37.1 Å². The largest absolute Gasteiger partial charge is 0.333 e. The summed E-state index contributed by atoms with van der Waals surface area (Å²) in [4.78, 5) is 31.5. The van der Waals surface area contributed by atoms with Crippen LogP contribution in [0.1, 0.15) is 18.9 Å². The third-order valence-electron chi connectivity index (χ3n) is 4.67. The maximum Gasteiger partial charge on any atom is 0.244 e. The second kappa shape index (κ2) is 9.60. The first kappa shape index (κ1) is 20.9. The van der Waals surface area contributed by atoms with Gasteiger partial charge < -0.3 is 14.8 Å². The molecule has 0 aliphatic rings. The summed E-state index contributed by atoms with van der Waals surface area (Å²) in [6, 6.07) is 15.5. The van der Waals surface area contributed by atoms with E-state index in [4.69, 9.17) is 0 Å². The normalized spacial score (nSPS) is 10.9. The van der Waals surface area contributed by atoms with Crippen LogP contribution in [0, 0.1) is 6.92 Å². The van der Waals surface area contributed by atoms with Crippen LogP contribution in [-0.4, -0.2) is 45.1 Å². The Labute approximate surface area is 175 Å². The summed E-state index contributed by atoms with van der Waals surface area (Å²) in [5.41, 5.74) is 3.71. The predicted molar refractivity (Wildman–Crippen MR) is 118 cm³/mol. The van der Waals surface area contributed by atoms with Gasteiger partial charge >= 0.3 is 0 Å². The molecule has 1 heterocycles. The molecular weight excluding hydrogens is 384 g/mol. The van der Waals surface area contributed by atoms with E-state index < -0.39 is 0 Å². The topological polar surface area (TPSA) is 67.2 Å². The molecule has 0 aliphatic heterocycles. The summed E-state index contributed by atoms with van der Waals surface area (Å²) in [5, 5.41) is 3.69. The fraction of sp³-hybridized carbons (Fsp3) is 0.318. The van der Waals surface area contributed by atoms with E-state index in [0.29, 0.717) is 6.54 Å². The Morgan fingerprint density at radius 1 is 1.14 bits per heavy atom. The van der Waals surface area contributed by atoms with Crippen molar-refractivity contribution in [3.63, 3.8) is 0 Å². The minimum atomic E-state index is -0.186. The van der Waals surface area contributed by atoms with Crippen LogP contribution in [0.15, 0.2) is 53.7 Å². The molecule has 0 radical (unpaired) electrons. The average molecular weight is 411 g/mol. The lowest BCUT2D eigenvalue weighted by atomic mass is 10.2. The molecule has 0 spiro atoms. The molecule has 0 aliphatic carbocycles. The number of aromatic nitrogens is 2. The molecule has 2 amide bonds. The molecule has 1 aromatic heterocycles. The Morgan fingerprint density at radius 2 is 1.86 bits per heavy atom. The number of anilines is 1. The van der Waals surface area contributed by atoms with E-state index >= 15 is 0 Å². The molecule has 1 N–H and O–H groups in total. The second-order valence-corrected chi connectivity index (χ2v) is 7.85. The van der Waals surface area contributed by atoms with Crippen LogP contribution in [0.2, 0.25) is 0 Å². The van der Waals surface area contributed by atoms with Crippen LogP contribution in [0.4, 0.5) is 5.69 Å². The maximum atomic E-state index is 12.8. The molecule has 0 saturated carbocycles. The molecule has 7 heteroatoms. The van der Waals surface area contributed by atoms with Crippen LogP contribution in [0.3, 0.4) is 0 Å². The molecule has 3 aromatic rings. The average Bonchev–Trinajstić information content (AvgIpc) is 3.03. The van der Waals surface area contributed by atoms with Gasteiger partial charge in [0.1, 0.15) is 0 Å². The highest BCUT2D eigenvalue weighted by Gasteiger charge is 2.18. The Hall–Kier alpha value is -2.80. The second-order valence-electron chi connectivity index (χ2n) is 6.91. The van der Waals surface area contributed by atoms with Gasteiger partial charge in [0.25, 0.3) is 0 Å². The summed E-state index contributed by atoms with van der Waals surface area (Å²) in [7, 11) is 1.95. The summed E-state index contributed by atoms with van der Waals surface area (Å²) >= 11 is 1.40. The van der Waals surface area contributed by atoms with E-state index in [9.17, 15) is 9.59 Å². The first-order chi connectivity index (χ1) is 14.0. The number of amides is 2. The van der Waals surface area contributed by atoms with Crippen molar-refractivity contribution in [3.8, 4) is 0 Å². The van der Waals surface area contributed by atoms with Crippen molar-refractivity contribution in [2.45, 2.75) is 25.4 Å². The lowest BCUT2D eigenvalue weighted by Crippen LogP contribution is -2.39. The zero-order valence-corrected chi connectivity index (χ0v) is 17.8. The summed E-state index contributed by atoms with van der Waals surface area (Å²) in [5.74, 6) is -0.00731. The first-order valence-corrected chi connectivity index (χ1v) is 10.7. The molecule has 0 fully saturated rings. The number of benzene rings is 2. The van der Waals surface area contributed by atoms with Gasteiger partial charge in [0.05, 0.1) is 23.3 Å². The first-order valence-electron chi connectivity index (χ1n) is 9.67. The van der Waals surface area contributed by atoms with Crippen molar-refractivity contribution in [1.82, 2.24) is 14.5 Å². The number of nitrogens with one attached hydrogen (secondary N) is 1. The summed E-state index contributed by atoms with van der Waals surface area (Å²) < 4.78 is 1.99. The number of rotatable bonds is 8. The van der Waals surface area contributed by atoms with Gasteiger partial charge in [0.15, 0.2) is 5.16 Å². The molecule has 152 valence electrons. The zero-order chi connectivity index (χ0) is 20.8. The van der Waals surface area contributed by atoms with Gasteiger partial charge in [0.2, 0.25) is 11.8 Å². The van der Waals surface area contributed by atoms with E-state index in [2.05, 4.69) is 10.3 Å². The number of hydrogen-bond donors (Lipinski definition) is 1. The highest BCUT2D eigenvalue weighted by atomic mass is 32.2. The van der Waals surface area contributed by atoms with E-state index in [1.807, 2.05) is 74.0 Å². The highest BCUT2D eigenvalue weighted by Crippen LogP contribution is 2.23. The summed E-state index contributed by atoms with van der Waals surface area (Å²) in [6.45, 7) is 4.53.